The first kappa shape index (κ1) is 13.2. The van der Waals surface area contributed by atoms with Gasteiger partial charge in [0.05, 0.1) is 0 Å². The molecular weight excluding hydrogens is 198 g/mol. The Bertz CT molecular complexity index is 273. The fraction of sp³-hybridized carbons (Fsp3) is 0.571. The summed E-state index contributed by atoms with van der Waals surface area (Å²) in [5.41, 5.74) is 1.36. The topological polar surface area (TPSA) is 32.3 Å². The van der Waals surface area contributed by atoms with Crippen molar-refractivity contribution < 1.29 is 5.11 Å². The van der Waals surface area contributed by atoms with Gasteiger partial charge in [0.2, 0.25) is 0 Å². The molecule has 2 unspecified atom stereocenters. The summed E-state index contributed by atoms with van der Waals surface area (Å²) in [6, 6.07) is 11.4. The van der Waals surface area contributed by atoms with Gasteiger partial charge in [0, 0.05) is 18.7 Å². The number of nitrogens with one attached hydrogen (secondary N) is 1. The lowest BCUT2D eigenvalue weighted by atomic mass is 10.0. The number of aliphatic hydroxyl groups excluding tert-OH is 1. The third kappa shape index (κ3) is 4.77. The van der Waals surface area contributed by atoms with E-state index in [1.165, 1.54) is 5.56 Å². The molecule has 1 rings (SSSR count). The summed E-state index contributed by atoms with van der Waals surface area (Å²) < 4.78 is 0. The molecule has 2 atom stereocenters. The minimum absolute atomic E-state index is 0.267. The van der Waals surface area contributed by atoms with Crippen molar-refractivity contribution in [2.45, 2.75) is 45.2 Å². The van der Waals surface area contributed by atoms with Crippen molar-refractivity contribution in [3.63, 3.8) is 0 Å². The van der Waals surface area contributed by atoms with Crippen molar-refractivity contribution in [3.8, 4) is 0 Å². The molecule has 1 aromatic carbocycles. The molecule has 2 N–H and O–H groups in total. The van der Waals surface area contributed by atoms with Crippen LogP contribution >= 0.6 is 0 Å². The molecular formula is C14H23NO. The molecule has 0 bridgehead atoms. The van der Waals surface area contributed by atoms with Gasteiger partial charge in [-0.25, -0.2) is 0 Å². The average Bonchev–Trinajstić information content (AvgIpc) is 2.29. The summed E-state index contributed by atoms with van der Waals surface area (Å²) in [6.45, 7) is 4.62. The van der Waals surface area contributed by atoms with Crippen LogP contribution in [0.5, 0.6) is 0 Å². The van der Waals surface area contributed by atoms with Crippen molar-refractivity contribution in [1.82, 2.24) is 5.32 Å². The lowest BCUT2D eigenvalue weighted by molar-refractivity contribution is 0.256. The lowest BCUT2D eigenvalue weighted by Gasteiger charge is -2.21. The van der Waals surface area contributed by atoms with E-state index in [0.717, 1.165) is 19.3 Å². The molecule has 0 radical (unpaired) electrons. The Kier molecular flexibility index (Phi) is 6.12. The molecule has 2 nitrogen and oxygen atoms in total. The Hall–Kier alpha value is -0.860. The molecule has 0 aliphatic heterocycles. The second kappa shape index (κ2) is 7.42. The zero-order chi connectivity index (χ0) is 11.8. The summed E-state index contributed by atoms with van der Waals surface area (Å²) in [5.74, 6) is 0. The number of aliphatic hydroxyl groups is 1. The van der Waals surface area contributed by atoms with Crippen LogP contribution < -0.4 is 5.32 Å². The summed E-state index contributed by atoms with van der Waals surface area (Å²) >= 11 is 0. The van der Waals surface area contributed by atoms with E-state index in [-0.39, 0.29) is 6.61 Å². The van der Waals surface area contributed by atoms with Gasteiger partial charge in [0.25, 0.3) is 0 Å². The molecule has 0 saturated heterocycles. The van der Waals surface area contributed by atoms with E-state index >= 15 is 0 Å². The predicted octanol–water partition coefficient (Wildman–Crippen LogP) is 2.37. The smallest absolute Gasteiger partial charge is 0.0445 e. The Morgan fingerprint density at radius 1 is 1.25 bits per heavy atom. The molecule has 0 heterocycles. The van der Waals surface area contributed by atoms with E-state index in [9.17, 15) is 0 Å². The van der Waals surface area contributed by atoms with Crippen LogP contribution in [0.3, 0.4) is 0 Å². The number of benzene rings is 1. The quantitative estimate of drug-likeness (QED) is 0.741. The van der Waals surface area contributed by atoms with Crippen molar-refractivity contribution in [2.75, 3.05) is 6.61 Å². The first-order valence-electron chi connectivity index (χ1n) is 6.17. The Morgan fingerprint density at radius 3 is 2.50 bits per heavy atom. The molecule has 0 spiro atoms. The van der Waals surface area contributed by atoms with Crippen molar-refractivity contribution in [1.29, 1.82) is 0 Å². The van der Waals surface area contributed by atoms with Crippen LogP contribution in [0, 0.1) is 0 Å². The van der Waals surface area contributed by atoms with Crippen molar-refractivity contribution >= 4 is 0 Å². The van der Waals surface area contributed by atoms with Gasteiger partial charge >= 0.3 is 0 Å². The molecule has 16 heavy (non-hydrogen) atoms. The van der Waals surface area contributed by atoms with Gasteiger partial charge in [-0.05, 0) is 31.7 Å². The standard InChI is InChI=1S/C14H23NO/c1-3-14(9-10-16)15-12(2)11-13-7-5-4-6-8-13/h4-8,12,14-16H,3,9-11H2,1-2H3. The number of rotatable bonds is 7. The zero-order valence-corrected chi connectivity index (χ0v) is 10.3. The molecule has 90 valence electrons. The number of hydrogen-bond acceptors (Lipinski definition) is 2. The van der Waals surface area contributed by atoms with Crippen LogP contribution in [-0.4, -0.2) is 23.8 Å². The molecule has 0 fully saturated rings. The van der Waals surface area contributed by atoms with E-state index in [1.54, 1.807) is 0 Å². The van der Waals surface area contributed by atoms with E-state index < -0.39 is 0 Å². The van der Waals surface area contributed by atoms with Gasteiger partial charge in [-0.2, -0.15) is 0 Å². The minimum atomic E-state index is 0.267. The van der Waals surface area contributed by atoms with Crippen LogP contribution in [0.25, 0.3) is 0 Å². The zero-order valence-electron chi connectivity index (χ0n) is 10.3. The van der Waals surface area contributed by atoms with E-state index in [2.05, 4.69) is 43.4 Å². The highest BCUT2D eigenvalue weighted by Crippen LogP contribution is 2.05. The molecule has 0 aliphatic carbocycles. The van der Waals surface area contributed by atoms with Crippen LogP contribution in [0.1, 0.15) is 32.3 Å². The average molecular weight is 221 g/mol. The summed E-state index contributed by atoms with van der Waals surface area (Å²) in [6.07, 6.45) is 2.96. The molecule has 0 amide bonds. The van der Waals surface area contributed by atoms with Gasteiger partial charge in [0.1, 0.15) is 0 Å². The van der Waals surface area contributed by atoms with E-state index in [4.69, 9.17) is 5.11 Å². The van der Waals surface area contributed by atoms with E-state index in [1.807, 2.05) is 6.07 Å². The van der Waals surface area contributed by atoms with E-state index in [0.29, 0.717) is 12.1 Å². The molecule has 0 saturated carbocycles. The maximum atomic E-state index is 8.93. The Balaban J connectivity index is 2.37. The third-order valence-corrected chi connectivity index (χ3v) is 2.88. The van der Waals surface area contributed by atoms with Crippen LogP contribution in [0.2, 0.25) is 0 Å². The van der Waals surface area contributed by atoms with Gasteiger partial charge in [-0.15, -0.1) is 0 Å². The molecule has 0 aromatic heterocycles. The van der Waals surface area contributed by atoms with Gasteiger partial charge in [0.15, 0.2) is 0 Å². The molecule has 0 aliphatic rings. The van der Waals surface area contributed by atoms with Crippen LogP contribution in [-0.2, 0) is 6.42 Å². The minimum Gasteiger partial charge on any atom is -0.396 e. The predicted molar refractivity (Wildman–Crippen MR) is 68.5 cm³/mol. The summed E-state index contributed by atoms with van der Waals surface area (Å²) in [5, 5.41) is 12.5. The molecule has 1 aromatic rings. The maximum Gasteiger partial charge on any atom is 0.0445 e. The number of hydrogen-bond donors (Lipinski definition) is 2. The second-order valence-electron chi connectivity index (χ2n) is 4.37. The highest BCUT2D eigenvalue weighted by Gasteiger charge is 2.09. The Labute approximate surface area is 98.7 Å². The summed E-state index contributed by atoms with van der Waals surface area (Å²) in [4.78, 5) is 0. The normalized spacial score (nSPS) is 14.7. The lowest BCUT2D eigenvalue weighted by Crippen LogP contribution is -2.37. The third-order valence-electron chi connectivity index (χ3n) is 2.88. The van der Waals surface area contributed by atoms with Gasteiger partial charge in [-0.3, -0.25) is 0 Å². The molecule has 2 heteroatoms. The van der Waals surface area contributed by atoms with Gasteiger partial charge < -0.3 is 10.4 Å². The maximum absolute atomic E-state index is 8.93. The second-order valence-corrected chi connectivity index (χ2v) is 4.37. The first-order valence-corrected chi connectivity index (χ1v) is 6.17. The van der Waals surface area contributed by atoms with Crippen LogP contribution in [0.15, 0.2) is 30.3 Å². The highest BCUT2D eigenvalue weighted by molar-refractivity contribution is 5.15. The first-order chi connectivity index (χ1) is 7.76. The fourth-order valence-electron chi connectivity index (χ4n) is 1.99. The van der Waals surface area contributed by atoms with Crippen molar-refractivity contribution in [3.05, 3.63) is 35.9 Å². The summed E-state index contributed by atoms with van der Waals surface area (Å²) in [7, 11) is 0. The fourth-order valence-corrected chi connectivity index (χ4v) is 1.99. The van der Waals surface area contributed by atoms with Gasteiger partial charge in [-0.1, -0.05) is 37.3 Å². The largest absolute Gasteiger partial charge is 0.396 e. The highest BCUT2D eigenvalue weighted by atomic mass is 16.3. The Morgan fingerprint density at radius 2 is 1.94 bits per heavy atom. The monoisotopic (exact) mass is 221 g/mol. The van der Waals surface area contributed by atoms with Crippen molar-refractivity contribution in [2.24, 2.45) is 0 Å². The SMILES string of the molecule is CCC(CCO)NC(C)Cc1ccccc1. The van der Waals surface area contributed by atoms with Crippen LogP contribution in [0.4, 0.5) is 0 Å².